The number of benzene rings is 1. The highest BCUT2D eigenvalue weighted by molar-refractivity contribution is 9.11. The quantitative estimate of drug-likeness (QED) is 0.776. The lowest BCUT2D eigenvalue weighted by molar-refractivity contribution is 0.107. The highest BCUT2D eigenvalue weighted by Gasteiger charge is 2.13. The molecule has 0 N–H and O–H groups in total. The van der Waals surface area contributed by atoms with Gasteiger partial charge in [0.2, 0.25) is 0 Å². The predicted octanol–water partition coefficient (Wildman–Crippen LogP) is 3.60. The number of hydrogen-bond acceptors (Lipinski definition) is 2. The van der Waals surface area contributed by atoms with Crippen LogP contribution in [0.2, 0.25) is 0 Å². The van der Waals surface area contributed by atoms with Gasteiger partial charge in [0.1, 0.15) is 5.75 Å². The average molecular weight is 328 g/mol. The van der Waals surface area contributed by atoms with Crippen molar-refractivity contribution in [2.45, 2.75) is 0 Å². The number of rotatable bonds is 2. The third-order valence-electron chi connectivity index (χ3n) is 1.42. The molecule has 0 aromatic heterocycles. The summed E-state index contributed by atoms with van der Waals surface area (Å²) in [6.45, 7) is 0. The summed E-state index contributed by atoms with van der Waals surface area (Å²) in [5, 5.41) is -0.543. The SMILES string of the molecule is COc1c(Br)cc(Br)cc1C(=O)Cl. The highest BCUT2D eigenvalue weighted by atomic mass is 79.9. The first kappa shape index (κ1) is 11.0. The Kier molecular flexibility index (Phi) is 3.76. The minimum absolute atomic E-state index is 0.338. The van der Waals surface area contributed by atoms with E-state index in [4.69, 9.17) is 16.3 Å². The molecule has 0 heterocycles. The number of carbonyl (C=O) groups excluding carboxylic acids is 1. The van der Waals surface area contributed by atoms with Crippen molar-refractivity contribution in [3.63, 3.8) is 0 Å². The van der Waals surface area contributed by atoms with Crippen molar-refractivity contribution in [1.82, 2.24) is 0 Å². The molecule has 0 aliphatic heterocycles. The lowest BCUT2D eigenvalue weighted by atomic mass is 10.2. The zero-order valence-corrected chi connectivity index (χ0v) is 10.5. The van der Waals surface area contributed by atoms with E-state index in [-0.39, 0.29) is 0 Å². The molecule has 0 fully saturated rings. The van der Waals surface area contributed by atoms with Gasteiger partial charge in [-0.3, -0.25) is 4.79 Å². The Hall–Kier alpha value is -0.0600. The van der Waals surface area contributed by atoms with E-state index in [1.807, 2.05) is 0 Å². The fraction of sp³-hybridized carbons (Fsp3) is 0.125. The molecule has 1 aromatic carbocycles. The monoisotopic (exact) mass is 326 g/mol. The molecule has 0 aliphatic carbocycles. The maximum absolute atomic E-state index is 11.0. The van der Waals surface area contributed by atoms with Crippen molar-refractivity contribution in [3.05, 3.63) is 26.6 Å². The Morgan fingerprint density at radius 2 is 2.08 bits per heavy atom. The van der Waals surface area contributed by atoms with Gasteiger partial charge in [-0.25, -0.2) is 0 Å². The first-order valence-corrected chi connectivity index (χ1v) is 5.25. The van der Waals surface area contributed by atoms with E-state index in [0.29, 0.717) is 15.8 Å². The number of ether oxygens (including phenoxy) is 1. The molecule has 0 radical (unpaired) electrons. The second kappa shape index (κ2) is 4.44. The molecule has 1 rings (SSSR count). The van der Waals surface area contributed by atoms with Crippen LogP contribution in [0.15, 0.2) is 21.1 Å². The van der Waals surface area contributed by atoms with Gasteiger partial charge in [0.15, 0.2) is 0 Å². The number of carbonyl (C=O) groups is 1. The van der Waals surface area contributed by atoms with Gasteiger partial charge in [-0.2, -0.15) is 0 Å². The summed E-state index contributed by atoms with van der Waals surface area (Å²) in [4.78, 5) is 11.0. The molecule has 0 atom stereocenters. The summed E-state index contributed by atoms with van der Waals surface area (Å²) in [7, 11) is 1.48. The summed E-state index contributed by atoms with van der Waals surface area (Å²) < 4.78 is 6.48. The smallest absolute Gasteiger partial charge is 0.256 e. The Labute approximate surface area is 97.5 Å². The van der Waals surface area contributed by atoms with Gasteiger partial charge in [-0.15, -0.1) is 0 Å². The third kappa shape index (κ3) is 2.45. The van der Waals surface area contributed by atoms with Gasteiger partial charge < -0.3 is 4.74 Å². The van der Waals surface area contributed by atoms with Crippen LogP contribution in [-0.4, -0.2) is 12.4 Å². The van der Waals surface area contributed by atoms with Crippen LogP contribution >= 0.6 is 43.5 Å². The Morgan fingerprint density at radius 1 is 1.46 bits per heavy atom. The topological polar surface area (TPSA) is 26.3 Å². The normalized spacial score (nSPS) is 9.85. The van der Waals surface area contributed by atoms with Crippen molar-refractivity contribution in [3.8, 4) is 5.75 Å². The molecular weight excluding hydrogens is 323 g/mol. The fourth-order valence-electron chi connectivity index (χ4n) is 0.914. The van der Waals surface area contributed by atoms with Crippen molar-refractivity contribution >= 4 is 48.7 Å². The lowest BCUT2D eigenvalue weighted by Crippen LogP contribution is -1.96. The van der Waals surface area contributed by atoms with E-state index in [9.17, 15) is 4.79 Å². The van der Waals surface area contributed by atoms with Crippen LogP contribution in [-0.2, 0) is 0 Å². The molecule has 0 saturated carbocycles. The maximum Gasteiger partial charge on any atom is 0.256 e. The van der Waals surface area contributed by atoms with E-state index >= 15 is 0 Å². The molecule has 13 heavy (non-hydrogen) atoms. The van der Waals surface area contributed by atoms with Crippen LogP contribution in [0.5, 0.6) is 5.75 Å². The second-order valence-corrected chi connectivity index (χ2v) is 4.36. The van der Waals surface area contributed by atoms with E-state index < -0.39 is 5.24 Å². The van der Waals surface area contributed by atoms with Crippen LogP contribution < -0.4 is 4.74 Å². The van der Waals surface area contributed by atoms with Crippen molar-refractivity contribution in [2.75, 3.05) is 7.11 Å². The van der Waals surface area contributed by atoms with Crippen LogP contribution in [0.4, 0.5) is 0 Å². The molecule has 0 saturated heterocycles. The number of hydrogen-bond donors (Lipinski definition) is 0. The van der Waals surface area contributed by atoms with E-state index in [0.717, 1.165) is 4.47 Å². The zero-order valence-electron chi connectivity index (χ0n) is 6.61. The van der Waals surface area contributed by atoms with Gasteiger partial charge in [0.25, 0.3) is 5.24 Å². The molecular formula is C8H5Br2ClO2. The minimum atomic E-state index is -0.543. The summed E-state index contributed by atoms with van der Waals surface area (Å²) in [5.41, 5.74) is 0.338. The molecule has 1 aromatic rings. The largest absolute Gasteiger partial charge is 0.495 e. The lowest BCUT2D eigenvalue weighted by Gasteiger charge is -2.07. The van der Waals surface area contributed by atoms with E-state index in [2.05, 4.69) is 31.9 Å². The fourth-order valence-corrected chi connectivity index (χ4v) is 2.44. The van der Waals surface area contributed by atoms with E-state index in [1.165, 1.54) is 7.11 Å². The molecule has 0 bridgehead atoms. The molecule has 70 valence electrons. The summed E-state index contributed by atoms with van der Waals surface area (Å²) in [6.07, 6.45) is 0. The first-order chi connectivity index (χ1) is 6.06. The minimum Gasteiger partial charge on any atom is -0.495 e. The summed E-state index contributed by atoms with van der Waals surface area (Å²) in [5.74, 6) is 0.447. The Bertz CT molecular complexity index is 352. The first-order valence-electron chi connectivity index (χ1n) is 3.29. The van der Waals surface area contributed by atoms with E-state index in [1.54, 1.807) is 12.1 Å². The maximum atomic E-state index is 11.0. The Balaban J connectivity index is 3.38. The molecule has 0 unspecified atom stereocenters. The molecule has 2 nitrogen and oxygen atoms in total. The van der Waals surface area contributed by atoms with Crippen LogP contribution in [0, 0.1) is 0 Å². The Morgan fingerprint density at radius 3 is 2.54 bits per heavy atom. The van der Waals surface area contributed by atoms with Crippen molar-refractivity contribution < 1.29 is 9.53 Å². The van der Waals surface area contributed by atoms with Gasteiger partial charge in [-0.1, -0.05) is 15.9 Å². The summed E-state index contributed by atoms with van der Waals surface area (Å²) >= 11 is 11.9. The molecule has 0 amide bonds. The average Bonchev–Trinajstić information content (AvgIpc) is 2.02. The molecule has 0 aliphatic rings. The highest BCUT2D eigenvalue weighted by Crippen LogP contribution is 2.33. The molecule has 0 spiro atoms. The number of methoxy groups -OCH3 is 1. The van der Waals surface area contributed by atoms with Gasteiger partial charge in [-0.05, 0) is 39.7 Å². The van der Waals surface area contributed by atoms with Crippen molar-refractivity contribution in [1.29, 1.82) is 0 Å². The van der Waals surface area contributed by atoms with Crippen LogP contribution in [0.25, 0.3) is 0 Å². The molecule has 5 heteroatoms. The standard InChI is InChI=1S/C8H5Br2ClO2/c1-13-7-5(8(11)12)2-4(9)3-6(7)10/h2-3H,1H3. The number of halogens is 3. The van der Waals surface area contributed by atoms with Crippen LogP contribution in [0.1, 0.15) is 10.4 Å². The van der Waals surface area contributed by atoms with Gasteiger partial charge in [0.05, 0.1) is 17.1 Å². The summed E-state index contributed by atoms with van der Waals surface area (Å²) in [6, 6.07) is 3.39. The van der Waals surface area contributed by atoms with Crippen LogP contribution in [0.3, 0.4) is 0 Å². The zero-order chi connectivity index (χ0) is 10.0. The second-order valence-electron chi connectivity index (χ2n) is 2.24. The van der Waals surface area contributed by atoms with Crippen molar-refractivity contribution in [2.24, 2.45) is 0 Å². The third-order valence-corrected chi connectivity index (χ3v) is 2.67. The predicted molar refractivity (Wildman–Crippen MR) is 58.6 cm³/mol. The van der Waals surface area contributed by atoms with Gasteiger partial charge in [0, 0.05) is 4.47 Å². The van der Waals surface area contributed by atoms with Gasteiger partial charge >= 0.3 is 0 Å².